The van der Waals surface area contributed by atoms with E-state index in [1.807, 2.05) is 0 Å². The van der Waals surface area contributed by atoms with Crippen LogP contribution < -0.4 is 5.32 Å². The highest BCUT2D eigenvalue weighted by Gasteiger charge is 2.20. The minimum Gasteiger partial charge on any atom is -0.378 e. The third kappa shape index (κ3) is 5.21. The normalized spacial score (nSPS) is 13.2. The van der Waals surface area contributed by atoms with Crippen molar-refractivity contribution < 1.29 is 0 Å². The van der Waals surface area contributed by atoms with Crippen molar-refractivity contribution in [2.24, 2.45) is 5.92 Å². The Morgan fingerprint density at radius 2 is 1.46 bits per heavy atom. The molecule has 2 unspecified atom stereocenters. The maximum atomic E-state index is 3.75. The molecule has 2 atom stereocenters. The first-order valence-electron chi connectivity index (χ1n) is 8.84. The molecule has 0 spiro atoms. The van der Waals surface area contributed by atoms with E-state index in [1.165, 1.54) is 16.7 Å². The van der Waals surface area contributed by atoms with Crippen molar-refractivity contribution >= 4 is 37.5 Å². The summed E-state index contributed by atoms with van der Waals surface area (Å²) in [5.41, 5.74) is 5.12. The molecule has 3 heteroatoms. The van der Waals surface area contributed by atoms with Gasteiger partial charge in [-0.05, 0) is 66.8 Å². The second kappa shape index (κ2) is 8.88. The van der Waals surface area contributed by atoms with E-state index in [2.05, 4.69) is 124 Å². The van der Waals surface area contributed by atoms with E-state index in [1.54, 1.807) is 0 Å². The number of benzene rings is 3. The Morgan fingerprint density at radius 1 is 0.846 bits per heavy atom. The third-order valence-electron chi connectivity index (χ3n) is 4.61. The van der Waals surface area contributed by atoms with Gasteiger partial charge in [0.25, 0.3) is 0 Å². The van der Waals surface area contributed by atoms with Crippen LogP contribution in [0.25, 0.3) is 0 Å². The van der Waals surface area contributed by atoms with Crippen LogP contribution in [0.5, 0.6) is 0 Å². The highest BCUT2D eigenvalue weighted by atomic mass is 79.9. The zero-order chi connectivity index (χ0) is 18.5. The van der Waals surface area contributed by atoms with Crippen LogP contribution in [0.1, 0.15) is 29.7 Å². The van der Waals surface area contributed by atoms with Crippen molar-refractivity contribution in [1.82, 2.24) is 0 Å². The number of anilines is 1. The minimum absolute atomic E-state index is 0.250. The predicted octanol–water partition coefficient (Wildman–Crippen LogP) is 7.55. The van der Waals surface area contributed by atoms with Crippen LogP contribution >= 0.6 is 31.9 Å². The molecule has 134 valence electrons. The summed E-state index contributed by atoms with van der Waals surface area (Å²) >= 11 is 7.03. The van der Waals surface area contributed by atoms with E-state index < -0.39 is 0 Å². The summed E-state index contributed by atoms with van der Waals surface area (Å²) in [6, 6.07) is 26.1. The van der Waals surface area contributed by atoms with Crippen molar-refractivity contribution in [3.05, 3.63) is 98.4 Å². The van der Waals surface area contributed by atoms with Gasteiger partial charge in [0.15, 0.2) is 0 Å². The molecule has 0 radical (unpaired) electrons. The number of aryl methyl sites for hydroxylation is 1. The van der Waals surface area contributed by atoms with Gasteiger partial charge in [-0.1, -0.05) is 80.7 Å². The lowest BCUT2D eigenvalue weighted by Gasteiger charge is -2.27. The molecule has 3 rings (SSSR count). The van der Waals surface area contributed by atoms with Gasteiger partial charge in [-0.25, -0.2) is 0 Å². The molecule has 0 amide bonds. The highest BCUT2D eigenvalue weighted by molar-refractivity contribution is 9.10. The zero-order valence-electron chi connectivity index (χ0n) is 15.0. The van der Waals surface area contributed by atoms with E-state index in [9.17, 15) is 0 Å². The summed E-state index contributed by atoms with van der Waals surface area (Å²) in [6.07, 6.45) is 1.02. The molecule has 1 nitrogen and oxygen atoms in total. The standard InChI is InChI=1S/C23H23Br2N/c1-16-4-3-5-19(14-16)23(26-22-12-10-21(25)11-13-22)17(2)15-18-6-8-20(24)9-7-18/h3-14,17,23,26H,15H2,1-2H3. The molecule has 0 bridgehead atoms. The lowest BCUT2D eigenvalue weighted by molar-refractivity contribution is 0.495. The lowest BCUT2D eigenvalue weighted by Crippen LogP contribution is -2.21. The number of nitrogens with one attached hydrogen (secondary N) is 1. The molecule has 0 saturated carbocycles. The van der Waals surface area contributed by atoms with Crippen molar-refractivity contribution in [2.75, 3.05) is 5.32 Å². The summed E-state index contributed by atoms with van der Waals surface area (Å²) in [5.74, 6) is 0.446. The maximum Gasteiger partial charge on any atom is 0.0542 e. The fraction of sp³-hybridized carbons (Fsp3) is 0.217. The largest absolute Gasteiger partial charge is 0.378 e. The molecule has 26 heavy (non-hydrogen) atoms. The topological polar surface area (TPSA) is 12.0 Å². The molecule has 0 heterocycles. The molecule has 3 aromatic rings. The second-order valence-electron chi connectivity index (χ2n) is 6.85. The zero-order valence-corrected chi connectivity index (χ0v) is 18.2. The predicted molar refractivity (Wildman–Crippen MR) is 119 cm³/mol. The summed E-state index contributed by atoms with van der Waals surface area (Å²) < 4.78 is 2.22. The van der Waals surface area contributed by atoms with Crippen LogP contribution in [0, 0.1) is 12.8 Å². The quantitative estimate of drug-likeness (QED) is 0.390. The molecule has 1 N–H and O–H groups in total. The Kier molecular flexibility index (Phi) is 6.55. The van der Waals surface area contributed by atoms with Gasteiger partial charge < -0.3 is 5.32 Å². The number of halogens is 2. The van der Waals surface area contributed by atoms with Crippen LogP contribution in [0.15, 0.2) is 81.7 Å². The van der Waals surface area contributed by atoms with Crippen molar-refractivity contribution in [2.45, 2.75) is 26.3 Å². The van der Waals surface area contributed by atoms with Gasteiger partial charge in [-0.2, -0.15) is 0 Å². The monoisotopic (exact) mass is 471 g/mol. The first-order chi connectivity index (χ1) is 12.5. The van der Waals surface area contributed by atoms with Crippen molar-refractivity contribution in [3.63, 3.8) is 0 Å². The molecular formula is C23H23Br2N. The van der Waals surface area contributed by atoms with Gasteiger partial charge in [-0.15, -0.1) is 0 Å². The van der Waals surface area contributed by atoms with Gasteiger partial charge in [0, 0.05) is 14.6 Å². The SMILES string of the molecule is Cc1cccc(C(Nc2ccc(Br)cc2)C(C)Cc2ccc(Br)cc2)c1. The molecule has 0 fully saturated rings. The Morgan fingerprint density at radius 3 is 2.08 bits per heavy atom. The third-order valence-corrected chi connectivity index (χ3v) is 5.66. The van der Waals surface area contributed by atoms with E-state index in [0.29, 0.717) is 5.92 Å². The average Bonchev–Trinajstić information content (AvgIpc) is 2.63. The molecular weight excluding hydrogens is 450 g/mol. The lowest BCUT2D eigenvalue weighted by atomic mass is 9.88. The Balaban J connectivity index is 1.86. The second-order valence-corrected chi connectivity index (χ2v) is 8.68. The van der Waals surface area contributed by atoms with Gasteiger partial charge in [0.1, 0.15) is 0 Å². The van der Waals surface area contributed by atoms with Crippen molar-refractivity contribution in [1.29, 1.82) is 0 Å². The molecule has 3 aromatic carbocycles. The van der Waals surface area contributed by atoms with Crippen LogP contribution in [-0.4, -0.2) is 0 Å². The summed E-state index contributed by atoms with van der Waals surface area (Å²) in [4.78, 5) is 0. The van der Waals surface area contributed by atoms with Gasteiger partial charge in [0.05, 0.1) is 6.04 Å². The maximum absolute atomic E-state index is 3.75. The molecule has 0 aliphatic rings. The van der Waals surface area contributed by atoms with Crippen LogP contribution in [0.2, 0.25) is 0 Å². The van der Waals surface area contributed by atoms with Gasteiger partial charge >= 0.3 is 0 Å². The smallest absolute Gasteiger partial charge is 0.0542 e. The first kappa shape index (κ1) is 19.2. The van der Waals surface area contributed by atoms with E-state index >= 15 is 0 Å². The Hall–Kier alpha value is -1.58. The van der Waals surface area contributed by atoms with Gasteiger partial charge in [0.2, 0.25) is 0 Å². The minimum atomic E-state index is 0.250. The molecule has 0 saturated heterocycles. The van der Waals surface area contributed by atoms with E-state index in [4.69, 9.17) is 0 Å². The number of hydrogen-bond donors (Lipinski definition) is 1. The van der Waals surface area contributed by atoms with E-state index in [-0.39, 0.29) is 6.04 Å². The molecule has 0 aliphatic carbocycles. The van der Waals surface area contributed by atoms with E-state index in [0.717, 1.165) is 21.1 Å². The van der Waals surface area contributed by atoms with Gasteiger partial charge in [-0.3, -0.25) is 0 Å². The summed E-state index contributed by atoms with van der Waals surface area (Å²) in [6.45, 7) is 4.47. The summed E-state index contributed by atoms with van der Waals surface area (Å²) in [5, 5.41) is 3.75. The molecule has 0 aliphatic heterocycles. The number of rotatable bonds is 6. The highest BCUT2D eigenvalue weighted by Crippen LogP contribution is 2.30. The molecule has 0 aromatic heterocycles. The fourth-order valence-electron chi connectivity index (χ4n) is 3.25. The Labute approximate surface area is 173 Å². The van der Waals surface area contributed by atoms with Crippen LogP contribution in [-0.2, 0) is 6.42 Å². The number of hydrogen-bond acceptors (Lipinski definition) is 1. The van der Waals surface area contributed by atoms with Crippen molar-refractivity contribution in [3.8, 4) is 0 Å². The fourth-order valence-corrected chi connectivity index (χ4v) is 3.78. The average molecular weight is 473 g/mol. The summed E-state index contributed by atoms with van der Waals surface area (Å²) in [7, 11) is 0. The Bertz CT molecular complexity index is 841. The first-order valence-corrected chi connectivity index (χ1v) is 10.4. The van der Waals surface area contributed by atoms with Crippen LogP contribution in [0.4, 0.5) is 5.69 Å². The van der Waals surface area contributed by atoms with Crippen LogP contribution in [0.3, 0.4) is 0 Å².